The average Bonchev–Trinajstić information content (AvgIpc) is 2.43. The van der Waals surface area contributed by atoms with Crippen molar-refractivity contribution < 1.29 is 23.1 Å². The zero-order valence-electron chi connectivity index (χ0n) is 11.5. The summed E-state index contributed by atoms with van der Waals surface area (Å²) >= 11 is 0. The van der Waals surface area contributed by atoms with Gasteiger partial charge in [0.15, 0.2) is 0 Å². The Hall–Kier alpha value is -2.17. The summed E-state index contributed by atoms with van der Waals surface area (Å²) in [5.41, 5.74) is 2.60. The first-order valence-corrected chi connectivity index (χ1v) is 7.54. The zero-order valence-corrected chi connectivity index (χ0v) is 12.3. The van der Waals surface area contributed by atoms with Crippen molar-refractivity contribution in [3.05, 3.63) is 23.3 Å². The van der Waals surface area contributed by atoms with E-state index in [1.54, 1.807) is 0 Å². The number of anilines is 1. The molecule has 0 aromatic heterocycles. The first-order chi connectivity index (χ1) is 9.82. The van der Waals surface area contributed by atoms with Crippen LogP contribution in [0.4, 0.5) is 11.4 Å². The maximum atomic E-state index is 11.6. The third-order valence-corrected chi connectivity index (χ3v) is 2.93. The fourth-order valence-corrected chi connectivity index (χ4v) is 2.16. The van der Waals surface area contributed by atoms with Gasteiger partial charge in [0.25, 0.3) is 0 Å². The number of esters is 1. The summed E-state index contributed by atoms with van der Waals surface area (Å²) in [6.45, 7) is -0.499. The number of ether oxygens (including phenoxy) is 1. The van der Waals surface area contributed by atoms with Gasteiger partial charge in [-0.2, -0.15) is 0 Å². The quantitative estimate of drug-likeness (QED) is 0.181. The lowest BCUT2D eigenvalue weighted by Crippen LogP contribution is -2.19. The number of hydrazine groups is 1. The number of benzene rings is 1. The maximum absolute atomic E-state index is 11.6. The third-order valence-electron chi connectivity index (χ3n) is 2.36. The molecule has 0 amide bonds. The molecule has 0 aliphatic rings. The molecule has 0 bridgehead atoms. The molecule has 0 heterocycles. The van der Waals surface area contributed by atoms with E-state index in [4.69, 9.17) is 5.84 Å². The number of nitrogens with one attached hydrogen (secondary N) is 2. The van der Waals surface area contributed by atoms with Gasteiger partial charge in [-0.3, -0.25) is 4.72 Å². The van der Waals surface area contributed by atoms with Crippen molar-refractivity contribution in [3.8, 4) is 0 Å². The molecule has 0 fully saturated rings. The van der Waals surface area contributed by atoms with Crippen LogP contribution in [0.2, 0.25) is 0 Å². The van der Waals surface area contributed by atoms with Crippen LogP contribution < -0.4 is 16.0 Å². The van der Waals surface area contributed by atoms with Crippen LogP contribution in [-0.2, 0) is 21.4 Å². The predicted octanol–water partition coefficient (Wildman–Crippen LogP) is -0.540. The molecule has 0 unspecified atom stereocenters. The Bertz CT molecular complexity index is 657. The van der Waals surface area contributed by atoms with Crippen LogP contribution >= 0.6 is 0 Å². The number of hydrogen-bond acceptors (Lipinski definition) is 7. The van der Waals surface area contributed by atoms with Gasteiger partial charge in [-0.25, -0.2) is 24.0 Å². The summed E-state index contributed by atoms with van der Waals surface area (Å²) in [4.78, 5) is 15.5. The monoisotopic (exact) mass is 316 g/mol. The van der Waals surface area contributed by atoms with E-state index in [1.165, 1.54) is 19.2 Å². The number of carbonyl (C=O) groups is 1. The highest BCUT2D eigenvalue weighted by Crippen LogP contribution is 2.32. The number of nitrogens with two attached hydrogens (primary N) is 1. The van der Waals surface area contributed by atoms with Crippen molar-refractivity contribution >= 4 is 33.7 Å². The molecule has 0 atom stereocenters. The molecule has 116 valence electrons. The molecule has 0 aliphatic heterocycles. The van der Waals surface area contributed by atoms with E-state index in [2.05, 4.69) is 19.9 Å². The average molecular weight is 316 g/mol. The van der Waals surface area contributed by atoms with Gasteiger partial charge < -0.3 is 15.3 Å². The van der Waals surface area contributed by atoms with Crippen molar-refractivity contribution in [2.45, 2.75) is 6.61 Å². The van der Waals surface area contributed by atoms with E-state index in [0.717, 1.165) is 12.6 Å². The second kappa shape index (κ2) is 7.02. The Morgan fingerprint density at radius 3 is 2.67 bits per heavy atom. The molecule has 9 nitrogen and oxygen atoms in total. The molecule has 0 saturated carbocycles. The van der Waals surface area contributed by atoms with Crippen LogP contribution in [0, 0.1) is 0 Å². The van der Waals surface area contributed by atoms with E-state index in [1.807, 2.05) is 0 Å². The summed E-state index contributed by atoms with van der Waals surface area (Å²) < 4.78 is 29.6. The van der Waals surface area contributed by atoms with E-state index in [-0.39, 0.29) is 22.5 Å². The Labute approximate surface area is 121 Å². The fraction of sp³-hybridized carbons (Fsp3) is 0.273. The van der Waals surface area contributed by atoms with Crippen molar-refractivity contribution in [2.75, 3.05) is 18.1 Å². The number of aliphatic imine (C=N–C) groups is 1. The second-order valence-electron chi connectivity index (χ2n) is 3.98. The summed E-state index contributed by atoms with van der Waals surface area (Å²) in [5.74, 6) is 4.42. The van der Waals surface area contributed by atoms with Gasteiger partial charge >= 0.3 is 5.97 Å². The minimum Gasteiger partial charge on any atom is -0.465 e. The molecule has 1 aromatic rings. The maximum Gasteiger partial charge on any atom is 0.337 e. The van der Waals surface area contributed by atoms with Crippen molar-refractivity contribution in [1.29, 1.82) is 0 Å². The highest BCUT2D eigenvalue weighted by Gasteiger charge is 2.17. The van der Waals surface area contributed by atoms with Gasteiger partial charge in [-0.15, -0.1) is 0 Å². The Kier molecular flexibility index (Phi) is 5.64. The van der Waals surface area contributed by atoms with Crippen LogP contribution in [-0.4, -0.2) is 39.2 Å². The Morgan fingerprint density at radius 1 is 1.52 bits per heavy atom. The number of methoxy groups -OCH3 is 1. The molecule has 10 heteroatoms. The normalized spacial score (nSPS) is 11.4. The lowest BCUT2D eigenvalue weighted by atomic mass is 10.1. The van der Waals surface area contributed by atoms with Crippen LogP contribution in [0.3, 0.4) is 0 Å². The zero-order chi connectivity index (χ0) is 16.0. The van der Waals surface area contributed by atoms with Gasteiger partial charge in [-0.05, 0) is 12.1 Å². The Balaban J connectivity index is 3.51. The van der Waals surface area contributed by atoms with Crippen LogP contribution in [0.15, 0.2) is 17.1 Å². The van der Waals surface area contributed by atoms with Crippen molar-refractivity contribution in [1.82, 2.24) is 5.43 Å². The third kappa shape index (κ3) is 4.70. The highest BCUT2D eigenvalue weighted by atomic mass is 32.2. The number of nitrogens with zero attached hydrogens (tertiary/aromatic N) is 1. The summed E-state index contributed by atoms with van der Waals surface area (Å²) in [6.07, 6.45) is 2.06. The lowest BCUT2D eigenvalue weighted by molar-refractivity contribution is 0.0600. The minimum atomic E-state index is -3.60. The topological polar surface area (TPSA) is 143 Å². The molecular formula is C11H16N4O5S. The molecule has 0 saturated heterocycles. The standard InChI is InChI=1S/C11H16N4O5S/c1-20-11(17)7-3-8(5-16)10(15-21(2,18)19)9(4-7)13-6-14-12/h3-4,6,15-16H,5,12H2,1-2H3,(H,13,14). The van der Waals surface area contributed by atoms with Gasteiger partial charge in [0.05, 0.1) is 36.9 Å². The van der Waals surface area contributed by atoms with E-state index in [0.29, 0.717) is 0 Å². The van der Waals surface area contributed by atoms with Crippen molar-refractivity contribution in [3.63, 3.8) is 0 Å². The number of rotatable bonds is 6. The van der Waals surface area contributed by atoms with E-state index >= 15 is 0 Å². The smallest absolute Gasteiger partial charge is 0.337 e. The van der Waals surface area contributed by atoms with Crippen molar-refractivity contribution in [2.24, 2.45) is 10.8 Å². The fourth-order valence-electron chi connectivity index (χ4n) is 1.56. The molecule has 1 rings (SSSR count). The predicted molar refractivity (Wildman–Crippen MR) is 77.6 cm³/mol. The van der Waals surface area contributed by atoms with Gasteiger partial charge in [0.1, 0.15) is 6.34 Å². The molecule has 0 aliphatic carbocycles. The summed E-state index contributed by atoms with van der Waals surface area (Å²) in [6, 6.07) is 2.63. The number of aliphatic hydroxyl groups excluding tert-OH is 1. The molecule has 0 radical (unpaired) electrons. The summed E-state index contributed by atoms with van der Waals surface area (Å²) in [5, 5.41) is 9.36. The molecule has 0 spiro atoms. The van der Waals surface area contributed by atoms with Crippen LogP contribution in [0.1, 0.15) is 15.9 Å². The second-order valence-corrected chi connectivity index (χ2v) is 5.73. The number of hydrogen-bond donors (Lipinski definition) is 4. The van der Waals surface area contributed by atoms with Crippen LogP contribution in [0.25, 0.3) is 0 Å². The Morgan fingerprint density at radius 2 is 2.19 bits per heavy atom. The SMILES string of the molecule is COC(=O)c1cc(CO)c(NS(C)(=O)=O)c(N=CNN)c1. The largest absolute Gasteiger partial charge is 0.465 e. The van der Waals surface area contributed by atoms with Gasteiger partial charge in [-0.1, -0.05) is 0 Å². The number of aliphatic hydroxyl groups is 1. The number of carbonyl (C=O) groups excluding carboxylic acids is 1. The first kappa shape index (κ1) is 16.9. The molecule has 21 heavy (non-hydrogen) atoms. The summed E-state index contributed by atoms with van der Waals surface area (Å²) in [7, 11) is -2.40. The molecular weight excluding hydrogens is 300 g/mol. The van der Waals surface area contributed by atoms with Crippen LogP contribution in [0.5, 0.6) is 0 Å². The molecule has 5 N–H and O–H groups in total. The lowest BCUT2D eigenvalue weighted by Gasteiger charge is -2.13. The number of sulfonamides is 1. The minimum absolute atomic E-state index is 0.0548. The highest BCUT2D eigenvalue weighted by molar-refractivity contribution is 7.92. The molecule has 1 aromatic carbocycles. The van der Waals surface area contributed by atoms with E-state index < -0.39 is 22.6 Å². The van der Waals surface area contributed by atoms with Gasteiger partial charge in [0, 0.05) is 5.56 Å². The van der Waals surface area contributed by atoms with E-state index in [9.17, 15) is 18.3 Å². The van der Waals surface area contributed by atoms with Gasteiger partial charge in [0.2, 0.25) is 10.0 Å². The first-order valence-electron chi connectivity index (χ1n) is 5.65.